The first kappa shape index (κ1) is 23.5. The maximum absolute atomic E-state index is 13.0. The molecule has 0 saturated heterocycles. The summed E-state index contributed by atoms with van der Waals surface area (Å²) in [4.78, 5) is 24.4. The molecule has 0 bridgehead atoms. The number of esters is 1. The van der Waals surface area contributed by atoms with E-state index >= 15 is 0 Å². The summed E-state index contributed by atoms with van der Waals surface area (Å²) in [5.41, 5.74) is -2.22. The quantitative estimate of drug-likeness (QED) is 0.550. The van der Waals surface area contributed by atoms with E-state index < -0.39 is 30.1 Å². The molecule has 0 spiro atoms. The molecule has 0 N–H and O–H groups in total. The van der Waals surface area contributed by atoms with Crippen LogP contribution in [0.2, 0.25) is 0 Å². The van der Waals surface area contributed by atoms with Crippen molar-refractivity contribution in [3.05, 3.63) is 23.8 Å². The third-order valence-electron chi connectivity index (χ3n) is 2.79. The molecule has 10 heteroatoms. The van der Waals surface area contributed by atoms with Crippen LogP contribution in [0.3, 0.4) is 0 Å². The van der Waals surface area contributed by atoms with Crippen LogP contribution in [0.5, 0.6) is 0 Å². The molecule has 0 aliphatic carbocycles. The van der Waals surface area contributed by atoms with Gasteiger partial charge in [-0.3, -0.25) is 4.90 Å². The second kappa shape index (κ2) is 8.70. The predicted octanol–water partition coefficient (Wildman–Crippen LogP) is -0.0971. The van der Waals surface area contributed by atoms with Gasteiger partial charge in [-0.25, -0.2) is 9.59 Å². The number of hydrogen-bond acceptors (Lipinski definition) is 4. The molecule has 24 heavy (non-hydrogen) atoms. The molecule has 0 heterocycles. The summed E-state index contributed by atoms with van der Waals surface area (Å²) >= 11 is 0. The van der Waals surface area contributed by atoms with Gasteiger partial charge >= 0.3 is 70.4 Å². The molecule has 128 valence electrons. The van der Waals surface area contributed by atoms with Gasteiger partial charge in [-0.1, -0.05) is 12.1 Å². The molecule has 0 unspecified atom stereocenters. The summed E-state index contributed by atoms with van der Waals surface area (Å²) in [7, 11) is 2.32. The van der Waals surface area contributed by atoms with E-state index in [1.807, 2.05) is 0 Å². The Morgan fingerprint density at radius 1 is 1.12 bits per heavy atom. The normalized spacial score (nSPS) is 11.3. The average Bonchev–Trinajstić information content (AvgIpc) is 2.42. The van der Waals surface area contributed by atoms with Crippen LogP contribution in [0.1, 0.15) is 31.1 Å². The number of anilines is 1. The van der Waals surface area contributed by atoms with Crippen LogP contribution in [-0.4, -0.2) is 38.8 Å². The number of carbonyl (C=O) groups excluding carboxylic acids is 2. The fraction of sp³-hybridized carbons (Fsp3) is 0.429. The number of carbonyl (C=O) groups is 2. The molecule has 0 radical (unpaired) electrons. The standard InChI is InChI=1S/C14H18BF3NO4.K/c1-14(2,3)23-13(21)19(4)11-7-9(12(20)22-5)6-10(8-11)15(16,17)18;/h6-8H,1-5H3;/q-1;+1. The van der Waals surface area contributed by atoms with E-state index in [1.54, 1.807) is 20.8 Å². The van der Waals surface area contributed by atoms with Gasteiger partial charge in [0.15, 0.2) is 0 Å². The van der Waals surface area contributed by atoms with Crippen LogP contribution in [0.15, 0.2) is 18.2 Å². The monoisotopic (exact) mass is 371 g/mol. The summed E-state index contributed by atoms with van der Waals surface area (Å²) in [5.74, 6) is -0.925. The molecule has 5 nitrogen and oxygen atoms in total. The Morgan fingerprint density at radius 3 is 2.08 bits per heavy atom. The topological polar surface area (TPSA) is 55.8 Å². The molecular weight excluding hydrogens is 353 g/mol. The molecule has 0 fully saturated rings. The number of halogens is 3. The SMILES string of the molecule is COC(=O)c1cc(N(C)C(=O)OC(C)(C)C)cc([B-](F)(F)F)c1.[K+]. The van der Waals surface area contributed by atoms with Gasteiger partial charge in [-0.05, 0) is 26.8 Å². The molecule has 1 aromatic rings. The number of benzene rings is 1. The van der Waals surface area contributed by atoms with Crippen LogP contribution in [-0.2, 0) is 9.47 Å². The Labute approximate surface area is 181 Å². The molecule has 0 aliphatic rings. The fourth-order valence-electron chi connectivity index (χ4n) is 1.69. The number of amides is 1. The summed E-state index contributed by atoms with van der Waals surface area (Å²) in [5, 5.41) is 0. The third kappa shape index (κ3) is 6.75. The summed E-state index contributed by atoms with van der Waals surface area (Å²) in [6.45, 7) is -0.448. The maximum atomic E-state index is 13.0. The largest absolute Gasteiger partial charge is 1.00 e. The van der Waals surface area contributed by atoms with E-state index in [1.165, 1.54) is 7.05 Å². The molecule has 0 saturated carbocycles. The van der Waals surface area contributed by atoms with Crippen molar-refractivity contribution in [1.29, 1.82) is 0 Å². The van der Waals surface area contributed by atoms with Gasteiger partial charge < -0.3 is 22.4 Å². The summed E-state index contributed by atoms with van der Waals surface area (Å²) in [6, 6.07) is 2.62. The van der Waals surface area contributed by atoms with Crippen LogP contribution in [0.4, 0.5) is 23.4 Å². The molecule has 1 aromatic carbocycles. The smallest absolute Gasteiger partial charge is 0.465 e. The minimum atomic E-state index is -5.35. The molecule has 1 amide bonds. The minimum absolute atomic E-state index is 0. The van der Waals surface area contributed by atoms with Crippen molar-refractivity contribution in [2.75, 3.05) is 19.1 Å². The van der Waals surface area contributed by atoms with Crippen molar-refractivity contribution >= 4 is 30.2 Å². The zero-order valence-electron chi connectivity index (χ0n) is 14.5. The van der Waals surface area contributed by atoms with Crippen LogP contribution >= 0.6 is 0 Å². The first-order valence-corrected chi connectivity index (χ1v) is 6.75. The van der Waals surface area contributed by atoms with Gasteiger partial charge in [-0.15, -0.1) is 5.46 Å². The zero-order valence-corrected chi connectivity index (χ0v) is 17.6. The fourth-order valence-corrected chi connectivity index (χ4v) is 1.69. The van der Waals surface area contributed by atoms with Crippen molar-refractivity contribution in [3.8, 4) is 0 Å². The predicted molar refractivity (Wildman–Crippen MR) is 81.1 cm³/mol. The van der Waals surface area contributed by atoms with Crippen molar-refractivity contribution in [3.63, 3.8) is 0 Å². The Bertz CT molecular complexity index is 617. The van der Waals surface area contributed by atoms with Gasteiger partial charge in [0.25, 0.3) is 0 Å². The Hall–Kier alpha value is -0.549. The molecule has 0 atom stereocenters. The van der Waals surface area contributed by atoms with E-state index in [0.29, 0.717) is 6.07 Å². The van der Waals surface area contributed by atoms with Crippen molar-refractivity contribution in [2.24, 2.45) is 0 Å². The van der Waals surface area contributed by atoms with Crippen LogP contribution < -0.4 is 61.7 Å². The number of hydrogen-bond donors (Lipinski definition) is 0. The van der Waals surface area contributed by atoms with Gasteiger partial charge in [0.1, 0.15) is 5.60 Å². The number of methoxy groups -OCH3 is 1. The van der Waals surface area contributed by atoms with Crippen molar-refractivity contribution in [1.82, 2.24) is 0 Å². The summed E-state index contributed by atoms with van der Waals surface area (Å²) < 4.78 is 48.6. The van der Waals surface area contributed by atoms with E-state index in [-0.39, 0.29) is 62.6 Å². The second-order valence-corrected chi connectivity index (χ2v) is 5.92. The minimum Gasteiger partial charge on any atom is -0.465 e. The van der Waals surface area contributed by atoms with E-state index in [9.17, 15) is 22.5 Å². The Kier molecular flexibility index (Phi) is 8.51. The van der Waals surface area contributed by atoms with Gasteiger partial charge in [0.05, 0.1) is 12.7 Å². The number of ether oxygens (including phenoxy) is 2. The molecule has 1 rings (SSSR count). The first-order chi connectivity index (χ1) is 10.3. The Balaban J connectivity index is 0.00000529. The molecule has 0 aliphatic heterocycles. The Morgan fingerprint density at radius 2 is 1.67 bits per heavy atom. The van der Waals surface area contributed by atoms with E-state index in [0.717, 1.165) is 24.1 Å². The summed E-state index contributed by atoms with van der Waals surface area (Å²) in [6.07, 6.45) is -0.833. The third-order valence-corrected chi connectivity index (χ3v) is 2.79. The first-order valence-electron chi connectivity index (χ1n) is 6.75. The van der Waals surface area contributed by atoms with Gasteiger partial charge in [-0.2, -0.15) is 0 Å². The average molecular weight is 371 g/mol. The van der Waals surface area contributed by atoms with Crippen LogP contribution in [0.25, 0.3) is 0 Å². The number of nitrogens with zero attached hydrogens (tertiary/aromatic N) is 1. The second-order valence-electron chi connectivity index (χ2n) is 5.92. The van der Waals surface area contributed by atoms with E-state index in [2.05, 4.69) is 4.74 Å². The van der Waals surface area contributed by atoms with E-state index in [4.69, 9.17) is 4.74 Å². The molecule has 0 aromatic heterocycles. The number of rotatable bonds is 3. The van der Waals surface area contributed by atoms with Crippen LogP contribution in [0, 0.1) is 0 Å². The molecular formula is C14H18BF3KNO4. The van der Waals surface area contributed by atoms with Gasteiger partial charge in [0.2, 0.25) is 0 Å². The zero-order chi connectivity index (χ0) is 18.0. The van der Waals surface area contributed by atoms with Gasteiger partial charge in [0, 0.05) is 12.7 Å². The van der Waals surface area contributed by atoms with Crippen molar-refractivity contribution in [2.45, 2.75) is 26.4 Å². The van der Waals surface area contributed by atoms with Crippen molar-refractivity contribution < 1.29 is 83.4 Å². The maximum Gasteiger partial charge on any atom is 1.00 e.